The van der Waals surface area contributed by atoms with E-state index in [-0.39, 0.29) is 23.5 Å². The molecule has 0 aliphatic rings. The van der Waals surface area contributed by atoms with Gasteiger partial charge in [-0.05, 0) is 61.9 Å². The first kappa shape index (κ1) is 24.9. The molecule has 0 radical (unpaired) electrons. The standard InChI is InChI=1S/C25H27N3O5S/c1-3-18(2)28-34(31,32)23-14-12-19(13-15-23)25(30)27-21-10-7-11-22(16-21)33-17-24(29)26-20-8-5-4-6-9-20/h4-16,18,28H,3,17H2,1-2H3,(H,26,29)(H,27,30). The van der Waals surface area contributed by atoms with Crippen molar-refractivity contribution >= 4 is 33.2 Å². The first-order chi connectivity index (χ1) is 16.3. The second-order valence-electron chi connectivity index (χ2n) is 7.64. The van der Waals surface area contributed by atoms with E-state index in [0.717, 1.165) is 0 Å². The third-order valence-electron chi connectivity index (χ3n) is 4.91. The Labute approximate surface area is 199 Å². The van der Waals surface area contributed by atoms with Crippen LogP contribution in [0.15, 0.2) is 83.8 Å². The van der Waals surface area contributed by atoms with Gasteiger partial charge in [0.15, 0.2) is 6.61 Å². The van der Waals surface area contributed by atoms with Crippen LogP contribution in [0.25, 0.3) is 0 Å². The van der Waals surface area contributed by atoms with Gasteiger partial charge >= 0.3 is 0 Å². The van der Waals surface area contributed by atoms with E-state index in [4.69, 9.17) is 4.74 Å². The minimum atomic E-state index is -3.64. The van der Waals surface area contributed by atoms with Crippen LogP contribution in [0.1, 0.15) is 30.6 Å². The lowest BCUT2D eigenvalue weighted by atomic mass is 10.2. The molecule has 0 fully saturated rings. The Morgan fingerprint density at radius 1 is 0.882 bits per heavy atom. The first-order valence-electron chi connectivity index (χ1n) is 10.8. The summed E-state index contributed by atoms with van der Waals surface area (Å²) in [7, 11) is -3.64. The van der Waals surface area contributed by atoms with Crippen molar-refractivity contribution < 1.29 is 22.7 Å². The Balaban J connectivity index is 1.58. The molecule has 9 heteroatoms. The SMILES string of the molecule is CCC(C)NS(=O)(=O)c1ccc(C(=O)Nc2cccc(OCC(=O)Nc3ccccc3)c2)cc1. The Morgan fingerprint density at radius 3 is 2.24 bits per heavy atom. The average Bonchev–Trinajstić information content (AvgIpc) is 2.83. The van der Waals surface area contributed by atoms with E-state index in [9.17, 15) is 18.0 Å². The summed E-state index contributed by atoms with van der Waals surface area (Å²) in [5.41, 5.74) is 1.45. The lowest BCUT2D eigenvalue weighted by molar-refractivity contribution is -0.118. The molecule has 2 amide bonds. The Kier molecular flexibility index (Phi) is 8.39. The van der Waals surface area contributed by atoms with E-state index in [1.54, 1.807) is 43.3 Å². The summed E-state index contributed by atoms with van der Waals surface area (Å²) in [6.45, 7) is 3.49. The van der Waals surface area contributed by atoms with Gasteiger partial charge in [0.2, 0.25) is 10.0 Å². The second kappa shape index (κ2) is 11.4. The minimum Gasteiger partial charge on any atom is -0.484 e. The minimum absolute atomic E-state index is 0.0912. The zero-order valence-electron chi connectivity index (χ0n) is 18.9. The number of ether oxygens (including phenoxy) is 1. The molecule has 34 heavy (non-hydrogen) atoms. The zero-order valence-corrected chi connectivity index (χ0v) is 19.8. The summed E-state index contributed by atoms with van der Waals surface area (Å²) in [6, 6.07) is 21.2. The summed E-state index contributed by atoms with van der Waals surface area (Å²) in [5, 5.41) is 5.47. The number of rotatable bonds is 10. The molecule has 3 aromatic rings. The Hall–Kier alpha value is -3.69. The number of anilines is 2. The van der Waals surface area contributed by atoms with Gasteiger partial charge in [-0.2, -0.15) is 0 Å². The molecule has 3 rings (SSSR count). The highest BCUT2D eigenvalue weighted by Crippen LogP contribution is 2.19. The molecular formula is C25H27N3O5S. The molecule has 1 atom stereocenters. The van der Waals surface area contributed by atoms with Gasteiger partial charge in [-0.15, -0.1) is 0 Å². The molecule has 3 N–H and O–H groups in total. The van der Waals surface area contributed by atoms with E-state index in [1.165, 1.54) is 24.3 Å². The van der Waals surface area contributed by atoms with Crippen LogP contribution in [0.5, 0.6) is 5.75 Å². The molecule has 0 heterocycles. The van der Waals surface area contributed by atoms with Crippen molar-refractivity contribution in [2.24, 2.45) is 0 Å². The molecule has 8 nitrogen and oxygen atoms in total. The fraction of sp³-hybridized carbons (Fsp3) is 0.200. The molecule has 1 unspecified atom stereocenters. The lowest BCUT2D eigenvalue weighted by Gasteiger charge is -2.12. The number of hydrogen-bond acceptors (Lipinski definition) is 5. The highest BCUT2D eigenvalue weighted by Gasteiger charge is 2.17. The first-order valence-corrected chi connectivity index (χ1v) is 12.3. The van der Waals surface area contributed by atoms with E-state index in [2.05, 4.69) is 15.4 Å². The normalized spacial score (nSPS) is 11.9. The van der Waals surface area contributed by atoms with Crippen LogP contribution >= 0.6 is 0 Å². The molecule has 3 aromatic carbocycles. The highest BCUT2D eigenvalue weighted by atomic mass is 32.2. The van der Waals surface area contributed by atoms with Gasteiger partial charge in [0.05, 0.1) is 4.90 Å². The molecule has 178 valence electrons. The Bertz CT molecular complexity index is 1230. The molecule has 0 spiro atoms. The monoisotopic (exact) mass is 481 g/mol. The van der Waals surface area contributed by atoms with Crippen molar-refractivity contribution in [3.05, 3.63) is 84.4 Å². The van der Waals surface area contributed by atoms with Gasteiger partial charge in [0.1, 0.15) is 5.75 Å². The van der Waals surface area contributed by atoms with E-state index >= 15 is 0 Å². The molecule has 0 aliphatic heterocycles. The maximum atomic E-state index is 12.6. The van der Waals surface area contributed by atoms with Gasteiger partial charge in [0.25, 0.3) is 11.8 Å². The number of carbonyl (C=O) groups is 2. The van der Waals surface area contributed by atoms with Gasteiger partial charge < -0.3 is 15.4 Å². The van der Waals surface area contributed by atoms with Crippen LogP contribution in [-0.4, -0.2) is 32.9 Å². The van der Waals surface area contributed by atoms with Crippen LogP contribution < -0.4 is 20.1 Å². The smallest absolute Gasteiger partial charge is 0.262 e. The summed E-state index contributed by atoms with van der Waals surface area (Å²) < 4.78 is 32.8. The molecule has 0 bridgehead atoms. The highest BCUT2D eigenvalue weighted by molar-refractivity contribution is 7.89. The zero-order chi connectivity index (χ0) is 24.6. The predicted molar refractivity (Wildman–Crippen MR) is 131 cm³/mol. The summed E-state index contributed by atoms with van der Waals surface area (Å²) in [4.78, 5) is 24.7. The van der Waals surface area contributed by atoms with Crippen molar-refractivity contribution in [1.29, 1.82) is 0 Å². The van der Waals surface area contributed by atoms with Crippen molar-refractivity contribution in [2.45, 2.75) is 31.2 Å². The fourth-order valence-corrected chi connectivity index (χ4v) is 4.26. The number of carbonyl (C=O) groups excluding carboxylic acids is 2. The van der Waals surface area contributed by atoms with Crippen LogP contribution in [0.2, 0.25) is 0 Å². The number of para-hydroxylation sites is 1. The van der Waals surface area contributed by atoms with E-state index < -0.39 is 15.9 Å². The Morgan fingerprint density at radius 2 is 1.56 bits per heavy atom. The second-order valence-corrected chi connectivity index (χ2v) is 9.35. The summed E-state index contributed by atoms with van der Waals surface area (Å²) in [6.07, 6.45) is 0.667. The maximum Gasteiger partial charge on any atom is 0.262 e. The molecule has 0 saturated heterocycles. The van der Waals surface area contributed by atoms with Crippen LogP contribution in [-0.2, 0) is 14.8 Å². The van der Waals surface area contributed by atoms with Crippen LogP contribution in [0.4, 0.5) is 11.4 Å². The number of nitrogens with one attached hydrogen (secondary N) is 3. The number of sulfonamides is 1. The maximum absolute atomic E-state index is 12.6. The predicted octanol–water partition coefficient (Wildman–Crippen LogP) is 4.03. The van der Waals surface area contributed by atoms with Crippen LogP contribution in [0, 0.1) is 0 Å². The summed E-state index contributed by atoms with van der Waals surface area (Å²) in [5.74, 6) is -0.296. The molecular weight excluding hydrogens is 454 g/mol. The van der Waals surface area contributed by atoms with Crippen molar-refractivity contribution in [2.75, 3.05) is 17.2 Å². The number of amides is 2. The molecule has 0 aromatic heterocycles. The van der Waals surface area contributed by atoms with Gasteiger partial charge in [-0.25, -0.2) is 13.1 Å². The van der Waals surface area contributed by atoms with Gasteiger partial charge in [-0.3, -0.25) is 9.59 Å². The number of benzene rings is 3. The molecule has 0 saturated carbocycles. The van der Waals surface area contributed by atoms with E-state index in [1.807, 2.05) is 25.1 Å². The largest absolute Gasteiger partial charge is 0.484 e. The average molecular weight is 482 g/mol. The van der Waals surface area contributed by atoms with E-state index in [0.29, 0.717) is 29.1 Å². The quantitative estimate of drug-likeness (QED) is 0.405. The van der Waals surface area contributed by atoms with Gasteiger partial charge in [-0.1, -0.05) is 31.2 Å². The summed E-state index contributed by atoms with van der Waals surface area (Å²) >= 11 is 0. The van der Waals surface area contributed by atoms with Crippen molar-refractivity contribution in [1.82, 2.24) is 4.72 Å². The number of hydrogen-bond donors (Lipinski definition) is 3. The fourth-order valence-electron chi connectivity index (χ4n) is 2.94. The van der Waals surface area contributed by atoms with Crippen molar-refractivity contribution in [3.63, 3.8) is 0 Å². The lowest BCUT2D eigenvalue weighted by Crippen LogP contribution is -2.32. The third-order valence-corrected chi connectivity index (χ3v) is 6.52. The van der Waals surface area contributed by atoms with Crippen LogP contribution in [0.3, 0.4) is 0 Å². The van der Waals surface area contributed by atoms with Crippen molar-refractivity contribution in [3.8, 4) is 5.75 Å². The topological polar surface area (TPSA) is 114 Å². The third kappa shape index (κ3) is 7.16. The molecule has 0 aliphatic carbocycles. The van der Waals surface area contributed by atoms with Gasteiger partial charge in [0, 0.05) is 29.0 Å².